The van der Waals surface area contributed by atoms with Gasteiger partial charge in [-0.05, 0) is 24.7 Å². The lowest BCUT2D eigenvalue weighted by molar-refractivity contribution is 0.164. The monoisotopic (exact) mass is 277 g/mol. The van der Waals surface area contributed by atoms with Gasteiger partial charge in [-0.15, -0.1) is 0 Å². The highest BCUT2D eigenvalue weighted by molar-refractivity contribution is 7.89. The van der Waals surface area contributed by atoms with Crippen molar-refractivity contribution < 1.29 is 13.5 Å². The van der Waals surface area contributed by atoms with Crippen LogP contribution in [0.15, 0.2) is 0 Å². The van der Waals surface area contributed by atoms with Gasteiger partial charge in [0.1, 0.15) is 0 Å². The average molecular weight is 277 g/mol. The zero-order chi connectivity index (χ0) is 13.6. The zero-order valence-electron chi connectivity index (χ0n) is 11.6. The van der Waals surface area contributed by atoms with Gasteiger partial charge in [-0.1, -0.05) is 39.5 Å². The molecule has 0 bridgehead atoms. The van der Waals surface area contributed by atoms with E-state index < -0.39 is 10.0 Å². The zero-order valence-corrected chi connectivity index (χ0v) is 12.4. The van der Waals surface area contributed by atoms with Gasteiger partial charge >= 0.3 is 0 Å². The third-order valence-corrected chi connectivity index (χ3v) is 5.66. The van der Waals surface area contributed by atoms with Crippen LogP contribution in [-0.4, -0.2) is 31.9 Å². The Morgan fingerprint density at radius 2 is 1.83 bits per heavy atom. The first kappa shape index (κ1) is 15.9. The molecule has 1 aliphatic rings. The fourth-order valence-corrected chi connectivity index (χ4v) is 4.65. The quantitative estimate of drug-likeness (QED) is 0.747. The van der Waals surface area contributed by atoms with Gasteiger partial charge in [0.05, 0.1) is 5.75 Å². The first-order valence-electron chi connectivity index (χ1n) is 7.13. The minimum Gasteiger partial charge on any atom is -0.396 e. The molecule has 1 saturated carbocycles. The van der Waals surface area contributed by atoms with E-state index in [1.165, 1.54) is 0 Å². The Bertz CT molecular complexity index is 325. The van der Waals surface area contributed by atoms with Crippen LogP contribution < -0.4 is 4.72 Å². The van der Waals surface area contributed by atoms with E-state index in [-0.39, 0.29) is 30.2 Å². The molecular weight excluding hydrogens is 250 g/mol. The van der Waals surface area contributed by atoms with E-state index in [0.717, 1.165) is 38.5 Å². The summed E-state index contributed by atoms with van der Waals surface area (Å²) in [7, 11) is -3.21. The molecule has 0 spiro atoms. The fraction of sp³-hybridized carbons (Fsp3) is 1.00. The molecule has 0 aromatic carbocycles. The number of hydrogen-bond acceptors (Lipinski definition) is 3. The van der Waals surface area contributed by atoms with Crippen molar-refractivity contribution in [3.8, 4) is 0 Å². The second kappa shape index (κ2) is 7.46. The van der Waals surface area contributed by atoms with E-state index in [1.807, 2.05) is 13.8 Å². The van der Waals surface area contributed by atoms with Gasteiger partial charge in [0.2, 0.25) is 10.0 Å². The maximum Gasteiger partial charge on any atom is 0.212 e. The number of nitrogens with one attached hydrogen (secondary N) is 1. The lowest BCUT2D eigenvalue weighted by Gasteiger charge is -2.31. The molecule has 0 saturated heterocycles. The average Bonchev–Trinajstić information content (AvgIpc) is 2.36. The summed E-state index contributed by atoms with van der Waals surface area (Å²) < 4.78 is 27.0. The molecule has 0 heterocycles. The SMILES string of the molecule is CCC(CC)CS(=O)(=O)NC1CCCCC1CO. The van der Waals surface area contributed by atoms with Crippen molar-refractivity contribution in [2.45, 2.75) is 58.4 Å². The van der Waals surface area contributed by atoms with Crippen LogP contribution in [0.3, 0.4) is 0 Å². The molecule has 5 heteroatoms. The van der Waals surface area contributed by atoms with Crippen molar-refractivity contribution >= 4 is 10.0 Å². The third kappa shape index (κ3) is 4.86. The second-order valence-electron chi connectivity index (χ2n) is 5.42. The molecule has 2 N–H and O–H groups in total. The van der Waals surface area contributed by atoms with E-state index in [9.17, 15) is 13.5 Å². The molecule has 108 valence electrons. The molecule has 0 aliphatic heterocycles. The Morgan fingerprint density at radius 1 is 1.22 bits per heavy atom. The van der Waals surface area contributed by atoms with E-state index in [4.69, 9.17) is 0 Å². The van der Waals surface area contributed by atoms with Crippen molar-refractivity contribution in [1.29, 1.82) is 0 Å². The summed E-state index contributed by atoms with van der Waals surface area (Å²) in [6, 6.07) is -0.0666. The third-order valence-electron chi connectivity index (χ3n) is 4.08. The maximum absolute atomic E-state index is 12.1. The lowest BCUT2D eigenvalue weighted by atomic mass is 9.86. The van der Waals surface area contributed by atoms with Crippen LogP contribution in [0.2, 0.25) is 0 Å². The molecule has 0 aromatic heterocycles. The summed E-state index contributed by atoms with van der Waals surface area (Å²) in [6.45, 7) is 4.14. The lowest BCUT2D eigenvalue weighted by Crippen LogP contribution is -2.45. The van der Waals surface area contributed by atoms with Gasteiger partial charge in [0.25, 0.3) is 0 Å². The van der Waals surface area contributed by atoms with Gasteiger partial charge in [-0.25, -0.2) is 13.1 Å². The van der Waals surface area contributed by atoms with Gasteiger partial charge in [-0.2, -0.15) is 0 Å². The number of hydrogen-bond donors (Lipinski definition) is 2. The van der Waals surface area contributed by atoms with Crippen LogP contribution in [0.25, 0.3) is 0 Å². The summed E-state index contributed by atoms with van der Waals surface area (Å²) >= 11 is 0. The molecule has 4 nitrogen and oxygen atoms in total. The maximum atomic E-state index is 12.1. The highest BCUT2D eigenvalue weighted by atomic mass is 32.2. The molecule has 0 amide bonds. The number of aliphatic hydroxyl groups is 1. The summed E-state index contributed by atoms with van der Waals surface area (Å²) in [5.41, 5.74) is 0. The van der Waals surface area contributed by atoms with E-state index in [1.54, 1.807) is 0 Å². The van der Waals surface area contributed by atoms with Gasteiger partial charge in [-0.3, -0.25) is 0 Å². The van der Waals surface area contributed by atoms with Gasteiger partial charge in [0, 0.05) is 12.6 Å². The molecule has 1 aliphatic carbocycles. The van der Waals surface area contributed by atoms with Crippen LogP contribution in [0.5, 0.6) is 0 Å². The van der Waals surface area contributed by atoms with Gasteiger partial charge in [0.15, 0.2) is 0 Å². The number of sulfonamides is 1. The topological polar surface area (TPSA) is 66.4 Å². The number of rotatable bonds is 7. The Kier molecular flexibility index (Phi) is 6.60. The number of aliphatic hydroxyl groups excluding tert-OH is 1. The van der Waals surface area contributed by atoms with Crippen LogP contribution in [-0.2, 0) is 10.0 Å². The Labute approximate surface area is 111 Å². The van der Waals surface area contributed by atoms with Crippen molar-refractivity contribution in [1.82, 2.24) is 4.72 Å². The standard InChI is InChI=1S/C13H27NO3S/c1-3-11(4-2)10-18(16,17)14-13-8-6-5-7-12(13)9-15/h11-15H,3-10H2,1-2H3. The van der Waals surface area contributed by atoms with Crippen LogP contribution in [0.1, 0.15) is 52.4 Å². The molecule has 2 unspecified atom stereocenters. The van der Waals surface area contributed by atoms with Crippen molar-refractivity contribution in [3.05, 3.63) is 0 Å². The first-order chi connectivity index (χ1) is 8.52. The highest BCUT2D eigenvalue weighted by Crippen LogP contribution is 2.25. The highest BCUT2D eigenvalue weighted by Gasteiger charge is 2.29. The predicted octanol–water partition coefficient (Wildman–Crippen LogP) is 1.89. The first-order valence-corrected chi connectivity index (χ1v) is 8.78. The summed E-state index contributed by atoms with van der Waals surface area (Å²) in [5, 5.41) is 9.30. The summed E-state index contributed by atoms with van der Waals surface area (Å²) in [4.78, 5) is 0. The molecule has 1 rings (SSSR count). The molecule has 1 fully saturated rings. The summed E-state index contributed by atoms with van der Waals surface area (Å²) in [5.74, 6) is 0.545. The molecule has 2 atom stereocenters. The minimum atomic E-state index is -3.21. The smallest absolute Gasteiger partial charge is 0.212 e. The van der Waals surface area contributed by atoms with E-state index in [2.05, 4.69) is 4.72 Å². The van der Waals surface area contributed by atoms with Crippen LogP contribution in [0, 0.1) is 11.8 Å². The van der Waals surface area contributed by atoms with Crippen molar-refractivity contribution in [2.24, 2.45) is 11.8 Å². The second-order valence-corrected chi connectivity index (χ2v) is 7.21. The Balaban J connectivity index is 2.57. The Hall–Kier alpha value is -0.130. The van der Waals surface area contributed by atoms with Crippen LogP contribution >= 0.6 is 0 Å². The summed E-state index contributed by atoms with van der Waals surface area (Å²) in [6.07, 6.45) is 5.71. The van der Waals surface area contributed by atoms with Gasteiger partial charge < -0.3 is 5.11 Å². The molecular formula is C13H27NO3S. The molecule has 0 aromatic rings. The van der Waals surface area contributed by atoms with E-state index in [0.29, 0.717) is 0 Å². The molecule has 0 radical (unpaired) electrons. The largest absolute Gasteiger partial charge is 0.396 e. The van der Waals surface area contributed by atoms with Crippen molar-refractivity contribution in [2.75, 3.05) is 12.4 Å². The normalized spacial score (nSPS) is 25.6. The minimum absolute atomic E-state index is 0.0666. The van der Waals surface area contributed by atoms with Crippen molar-refractivity contribution in [3.63, 3.8) is 0 Å². The molecule has 18 heavy (non-hydrogen) atoms. The Morgan fingerprint density at radius 3 is 2.39 bits per heavy atom. The van der Waals surface area contributed by atoms with E-state index >= 15 is 0 Å². The van der Waals surface area contributed by atoms with Crippen LogP contribution in [0.4, 0.5) is 0 Å². The fourth-order valence-electron chi connectivity index (χ4n) is 2.69. The predicted molar refractivity (Wildman–Crippen MR) is 73.8 cm³/mol.